The molecule has 1 nitrogen and oxygen atoms in total. The minimum atomic E-state index is 0.0109. The van der Waals surface area contributed by atoms with Crippen molar-refractivity contribution in [2.24, 2.45) is 5.41 Å². The van der Waals surface area contributed by atoms with Gasteiger partial charge >= 0.3 is 0 Å². The summed E-state index contributed by atoms with van der Waals surface area (Å²) in [4.78, 5) is 0. The Morgan fingerprint density at radius 1 is 1.73 bits per heavy atom. The van der Waals surface area contributed by atoms with E-state index in [1.165, 1.54) is 0 Å². The van der Waals surface area contributed by atoms with Crippen LogP contribution in [0.1, 0.15) is 20.3 Å². The van der Waals surface area contributed by atoms with Crippen molar-refractivity contribution in [2.45, 2.75) is 26.4 Å². The minimum Gasteiger partial charge on any atom is -0.382 e. The highest BCUT2D eigenvalue weighted by Crippen LogP contribution is 2.26. The van der Waals surface area contributed by atoms with E-state index in [0.29, 0.717) is 5.88 Å². The molecule has 0 aromatic heterocycles. The van der Waals surface area contributed by atoms with Crippen molar-refractivity contribution in [2.75, 3.05) is 13.0 Å². The summed E-state index contributed by atoms with van der Waals surface area (Å²) in [5.74, 6) is 0.601. The van der Waals surface area contributed by atoms with E-state index in [4.69, 9.17) is 16.3 Å². The number of hydrogen-bond acceptors (Lipinski definition) is 1. The summed E-state index contributed by atoms with van der Waals surface area (Å²) >= 11 is 5.78. The summed E-state index contributed by atoms with van der Waals surface area (Å²) < 4.78 is 5.14. The molecule has 11 heavy (non-hydrogen) atoms. The van der Waals surface area contributed by atoms with E-state index in [1.54, 1.807) is 7.11 Å². The maximum atomic E-state index is 5.78. The van der Waals surface area contributed by atoms with Crippen LogP contribution in [0.25, 0.3) is 0 Å². The van der Waals surface area contributed by atoms with Crippen LogP contribution < -0.4 is 0 Å². The maximum Gasteiger partial charge on any atom is 0.0551 e. The molecule has 0 spiro atoms. The van der Waals surface area contributed by atoms with E-state index in [9.17, 15) is 0 Å². The fourth-order valence-electron chi connectivity index (χ4n) is 0.932. The molecule has 0 aromatic carbocycles. The average molecular weight is 177 g/mol. The van der Waals surface area contributed by atoms with Crippen LogP contribution in [0.4, 0.5) is 0 Å². The predicted octanol–water partition coefficient (Wildman–Crippen LogP) is 2.84. The Labute approximate surface area is 74.4 Å². The van der Waals surface area contributed by atoms with Gasteiger partial charge in [0.1, 0.15) is 0 Å². The SMILES string of the molecule is C=CC(C)(CCl)CC(C)OC. The molecule has 2 heteroatoms. The molecule has 0 bridgehead atoms. The van der Waals surface area contributed by atoms with Gasteiger partial charge in [-0.1, -0.05) is 13.0 Å². The maximum absolute atomic E-state index is 5.78. The molecule has 0 saturated carbocycles. The van der Waals surface area contributed by atoms with Gasteiger partial charge in [0.05, 0.1) is 6.10 Å². The Morgan fingerprint density at radius 2 is 2.27 bits per heavy atom. The topological polar surface area (TPSA) is 9.23 Å². The highest BCUT2D eigenvalue weighted by molar-refractivity contribution is 6.18. The standard InChI is InChI=1S/C9H17ClO/c1-5-9(3,7-10)6-8(2)11-4/h5,8H,1,6-7H2,2-4H3. The molecule has 0 aliphatic carbocycles. The van der Waals surface area contributed by atoms with E-state index in [2.05, 4.69) is 13.5 Å². The number of methoxy groups -OCH3 is 1. The lowest BCUT2D eigenvalue weighted by molar-refractivity contribution is 0.0879. The van der Waals surface area contributed by atoms with Gasteiger partial charge in [-0.05, 0) is 13.3 Å². The van der Waals surface area contributed by atoms with Gasteiger partial charge in [0.2, 0.25) is 0 Å². The summed E-state index contributed by atoms with van der Waals surface area (Å²) in [5.41, 5.74) is 0.0109. The molecule has 0 N–H and O–H groups in total. The highest BCUT2D eigenvalue weighted by Gasteiger charge is 2.21. The van der Waals surface area contributed by atoms with Gasteiger partial charge in [-0.25, -0.2) is 0 Å². The molecule has 0 aromatic rings. The van der Waals surface area contributed by atoms with Crippen molar-refractivity contribution >= 4 is 11.6 Å². The number of ether oxygens (including phenoxy) is 1. The number of alkyl halides is 1. The summed E-state index contributed by atoms with van der Waals surface area (Å²) in [6.45, 7) is 7.87. The molecule has 0 saturated heterocycles. The third-order valence-electron chi connectivity index (χ3n) is 1.95. The molecule has 0 aliphatic heterocycles. The van der Waals surface area contributed by atoms with Crippen molar-refractivity contribution < 1.29 is 4.74 Å². The molecule has 0 aliphatic rings. The fourth-order valence-corrected chi connectivity index (χ4v) is 1.15. The Kier molecular flexibility index (Phi) is 4.78. The van der Waals surface area contributed by atoms with Crippen LogP contribution in [-0.2, 0) is 4.74 Å². The summed E-state index contributed by atoms with van der Waals surface area (Å²) in [6, 6.07) is 0. The highest BCUT2D eigenvalue weighted by atomic mass is 35.5. The molecule has 0 heterocycles. The van der Waals surface area contributed by atoms with Crippen molar-refractivity contribution in [1.82, 2.24) is 0 Å². The van der Waals surface area contributed by atoms with Crippen LogP contribution in [0.5, 0.6) is 0 Å². The zero-order chi connectivity index (χ0) is 8.91. The van der Waals surface area contributed by atoms with Crippen molar-refractivity contribution in [1.29, 1.82) is 0 Å². The third-order valence-corrected chi connectivity index (χ3v) is 2.56. The normalized spacial score (nSPS) is 18.9. The Balaban J connectivity index is 3.96. The van der Waals surface area contributed by atoms with E-state index in [0.717, 1.165) is 6.42 Å². The number of halogens is 1. The lowest BCUT2D eigenvalue weighted by atomic mass is 9.87. The lowest BCUT2D eigenvalue weighted by Crippen LogP contribution is -2.22. The molecule has 0 amide bonds. The molecule has 66 valence electrons. The second-order valence-electron chi connectivity index (χ2n) is 3.24. The first-order chi connectivity index (χ1) is 5.08. The lowest BCUT2D eigenvalue weighted by Gasteiger charge is -2.25. The summed E-state index contributed by atoms with van der Waals surface area (Å²) in [5, 5.41) is 0. The van der Waals surface area contributed by atoms with E-state index >= 15 is 0 Å². The van der Waals surface area contributed by atoms with Gasteiger partial charge in [0.15, 0.2) is 0 Å². The van der Waals surface area contributed by atoms with Crippen molar-refractivity contribution in [3.8, 4) is 0 Å². The molecular weight excluding hydrogens is 160 g/mol. The quantitative estimate of drug-likeness (QED) is 0.463. The first-order valence-electron chi connectivity index (χ1n) is 3.80. The van der Waals surface area contributed by atoms with Crippen LogP contribution in [0.2, 0.25) is 0 Å². The first kappa shape index (κ1) is 11.0. The molecule has 0 fully saturated rings. The van der Waals surface area contributed by atoms with Crippen LogP contribution in [0.3, 0.4) is 0 Å². The average Bonchev–Trinajstić information content (AvgIpc) is 2.04. The van der Waals surface area contributed by atoms with Crippen molar-refractivity contribution in [3.63, 3.8) is 0 Å². The predicted molar refractivity (Wildman–Crippen MR) is 50.1 cm³/mol. The Bertz CT molecular complexity index is 125. The second-order valence-corrected chi connectivity index (χ2v) is 3.51. The molecule has 0 radical (unpaired) electrons. The Morgan fingerprint density at radius 3 is 2.55 bits per heavy atom. The van der Waals surface area contributed by atoms with E-state index < -0.39 is 0 Å². The van der Waals surface area contributed by atoms with E-state index in [-0.39, 0.29) is 11.5 Å². The van der Waals surface area contributed by atoms with Gasteiger partial charge in [0, 0.05) is 18.4 Å². The summed E-state index contributed by atoms with van der Waals surface area (Å²) in [7, 11) is 1.71. The molecule has 2 unspecified atom stereocenters. The van der Waals surface area contributed by atoms with Crippen LogP contribution in [0, 0.1) is 5.41 Å². The van der Waals surface area contributed by atoms with Crippen LogP contribution in [0.15, 0.2) is 12.7 Å². The van der Waals surface area contributed by atoms with Crippen molar-refractivity contribution in [3.05, 3.63) is 12.7 Å². The smallest absolute Gasteiger partial charge is 0.0551 e. The zero-order valence-corrected chi connectivity index (χ0v) is 8.32. The largest absolute Gasteiger partial charge is 0.382 e. The van der Waals surface area contributed by atoms with Gasteiger partial charge in [-0.15, -0.1) is 18.2 Å². The zero-order valence-electron chi connectivity index (χ0n) is 7.56. The monoisotopic (exact) mass is 176 g/mol. The van der Waals surface area contributed by atoms with E-state index in [1.807, 2.05) is 13.0 Å². The number of rotatable bonds is 5. The fraction of sp³-hybridized carbons (Fsp3) is 0.778. The molecular formula is C9H17ClO. The first-order valence-corrected chi connectivity index (χ1v) is 4.34. The number of hydrogen-bond donors (Lipinski definition) is 0. The summed E-state index contributed by atoms with van der Waals surface area (Å²) in [6.07, 6.45) is 3.07. The van der Waals surface area contributed by atoms with Gasteiger partial charge < -0.3 is 4.74 Å². The van der Waals surface area contributed by atoms with Gasteiger partial charge in [-0.3, -0.25) is 0 Å². The molecule has 2 atom stereocenters. The Hall–Kier alpha value is -0.0100. The minimum absolute atomic E-state index is 0.0109. The second kappa shape index (κ2) is 4.78. The van der Waals surface area contributed by atoms with Crippen LogP contribution in [-0.4, -0.2) is 19.1 Å². The van der Waals surface area contributed by atoms with Crippen LogP contribution >= 0.6 is 11.6 Å². The third kappa shape index (κ3) is 3.78. The van der Waals surface area contributed by atoms with Gasteiger partial charge in [0.25, 0.3) is 0 Å². The number of allylic oxidation sites excluding steroid dienone is 1. The van der Waals surface area contributed by atoms with Gasteiger partial charge in [-0.2, -0.15) is 0 Å². The molecule has 0 rings (SSSR count).